The monoisotopic (exact) mass is 314 g/mol. The molecule has 1 aromatic carbocycles. The summed E-state index contributed by atoms with van der Waals surface area (Å²) in [6.45, 7) is 0.618. The zero-order valence-electron chi connectivity index (χ0n) is 10.0. The van der Waals surface area contributed by atoms with E-state index in [1.165, 1.54) is 0 Å². The lowest BCUT2D eigenvalue weighted by molar-refractivity contribution is 1.04. The van der Waals surface area contributed by atoms with Gasteiger partial charge in [0.2, 0.25) is 0 Å². The number of hydrogen-bond donors (Lipinski definition) is 1. The van der Waals surface area contributed by atoms with Crippen LogP contribution in [0, 0.1) is 0 Å². The van der Waals surface area contributed by atoms with Gasteiger partial charge in [0.25, 0.3) is 0 Å². The second-order valence-corrected chi connectivity index (χ2v) is 4.89. The van der Waals surface area contributed by atoms with E-state index >= 15 is 0 Å². The highest BCUT2D eigenvalue weighted by atomic mass is 79.9. The number of nitrogens with zero attached hydrogens (tertiary/aromatic N) is 3. The van der Waals surface area contributed by atoms with E-state index in [0.29, 0.717) is 6.54 Å². The number of benzene rings is 1. The summed E-state index contributed by atoms with van der Waals surface area (Å²) in [5.41, 5.74) is 0.990. The molecule has 0 atom stereocenters. The fraction of sp³-hybridized carbons (Fsp3) is 0.0714. The molecular weight excluding hydrogens is 304 g/mol. The van der Waals surface area contributed by atoms with Crippen LogP contribution >= 0.6 is 15.9 Å². The van der Waals surface area contributed by atoms with Crippen LogP contribution in [0.4, 0.5) is 5.82 Å². The Morgan fingerprint density at radius 1 is 1.00 bits per heavy atom. The number of pyridine rings is 1. The Balaban J connectivity index is 1.91. The van der Waals surface area contributed by atoms with Crippen molar-refractivity contribution in [2.75, 3.05) is 5.32 Å². The van der Waals surface area contributed by atoms with E-state index in [-0.39, 0.29) is 0 Å². The van der Waals surface area contributed by atoms with Crippen LogP contribution in [0.1, 0.15) is 5.69 Å². The van der Waals surface area contributed by atoms with E-state index in [4.69, 9.17) is 0 Å². The SMILES string of the molecule is Brc1cccc2c(CNc3cnccn3)nccc12. The second kappa shape index (κ2) is 5.32. The first-order chi connectivity index (χ1) is 9.34. The van der Waals surface area contributed by atoms with Crippen molar-refractivity contribution in [1.82, 2.24) is 15.0 Å². The number of fused-ring (bicyclic) bond motifs is 1. The molecule has 4 nitrogen and oxygen atoms in total. The van der Waals surface area contributed by atoms with Crippen molar-refractivity contribution in [3.05, 3.63) is 59.2 Å². The molecule has 3 aromatic rings. The van der Waals surface area contributed by atoms with E-state index in [1.54, 1.807) is 18.6 Å². The van der Waals surface area contributed by atoms with Crippen LogP contribution in [-0.4, -0.2) is 15.0 Å². The van der Waals surface area contributed by atoms with Gasteiger partial charge in [0.05, 0.1) is 18.4 Å². The van der Waals surface area contributed by atoms with Gasteiger partial charge in [-0.1, -0.05) is 28.1 Å². The van der Waals surface area contributed by atoms with Gasteiger partial charge in [-0.25, -0.2) is 4.98 Å². The lowest BCUT2D eigenvalue weighted by Gasteiger charge is -2.08. The Hall–Kier alpha value is -2.01. The molecule has 2 aromatic heterocycles. The van der Waals surface area contributed by atoms with Crippen molar-refractivity contribution >= 4 is 32.5 Å². The van der Waals surface area contributed by atoms with Gasteiger partial charge in [-0.2, -0.15) is 0 Å². The largest absolute Gasteiger partial charge is 0.363 e. The Labute approximate surface area is 119 Å². The maximum absolute atomic E-state index is 4.43. The molecule has 0 bridgehead atoms. The highest BCUT2D eigenvalue weighted by Crippen LogP contribution is 2.25. The van der Waals surface area contributed by atoms with Crippen LogP contribution in [0.3, 0.4) is 0 Å². The van der Waals surface area contributed by atoms with Gasteiger partial charge >= 0.3 is 0 Å². The number of nitrogens with one attached hydrogen (secondary N) is 1. The number of anilines is 1. The molecule has 0 unspecified atom stereocenters. The molecule has 0 aliphatic rings. The van der Waals surface area contributed by atoms with Crippen LogP contribution < -0.4 is 5.32 Å². The molecule has 19 heavy (non-hydrogen) atoms. The van der Waals surface area contributed by atoms with E-state index in [1.807, 2.05) is 24.4 Å². The van der Waals surface area contributed by atoms with E-state index < -0.39 is 0 Å². The van der Waals surface area contributed by atoms with Crippen molar-refractivity contribution in [2.24, 2.45) is 0 Å². The summed E-state index contributed by atoms with van der Waals surface area (Å²) in [6.07, 6.45) is 6.83. The van der Waals surface area contributed by atoms with Crippen molar-refractivity contribution in [3.63, 3.8) is 0 Å². The van der Waals surface area contributed by atoms with Gasteiger partial charge < -0.3 is 5.32 Å². The molecule has 3 rings (SSSR count). The molecule has 5 heteroatoms. The number of rotatable bonds is 3. The van der Waals surface area contributed by atoms with Gasteiger partial charge in [0.15, 0.2) is 0 Å². The minimum atomic E-state index is 0.618. The van der Waals surface area contributed by atoms with Crippen LogP contribution in [0.2, 0.25) is 0 Å². The molecule has 0 radical (unpaired) electrons. The Morgan fingerprint density at radius 3 is 2.79 bits per heavy atom. The third-order valence-electron chi connectivity index (χ3n) is 2.84. The molecule has 0 aliphatic carbocycles. The van der Waals surface area contributed by atoms with Crippen molar-refractivity contribution in [1.29, 1.82) is 0 Å². The molecule has 2 heterocycles. The minimum absolute atomic E-state index is 0.618. The van der Waals surface area contributed by atoms with Crippen LogP contribution in [0.5, 0.6) is 0 Å². The zero-order valence-corrected chi connectivity index (χ0v) is 11.6. The third-order valence-corrected chi connectivity index (χ3v) is 3.53. The fourth-order valence-electron chi connectivity index (χ4n) is 1.93. The summed E-state index contributed by atoms with van der Waals surface area (Å²) < 4.78 is 1.08. The lowest BCUT2D eigenvalue weighted by atomic mass is 10.1. The van der Waals surface area contributed by atoms with Gasteiger partial charge in [-0.3, -0.25) is 9.97 Å². The van der Waals surface area contributed by atoms with Gasteiger partial charge in [0.1, 0.15) is 5.82 Å². The second-order valence-electron chi connectivity index (χ2n) is 4.04. The molecule has 0 spiro atoms. The Morgan fingerprint density at radius 2 is 1.95 bits per heavy atom. The first-order valence-electron chi connectivity index (χ1n) is 5.86. The number of aromatic nitrogens is 3. The predicted molar refractivity (Wildman–Crippen MR) is 78.8 cm³/mol. The first-order valence-corrected chi connectivity index (χ1v) is 6.66. The summed E-state index contributed by atoms with van der Waals surface area (Å²) in [5.74, 6) is 0.747. The maximum Gasteiger partial charge on any atom is 0.144 e. The molecule has 0 saturated heterocycles. The average Bonchev–Trinajstić information content (AvgIpc) is 2.47. The van der Waals surface area contributed by atoms with Gasteiger partial charge in [-0.05, 0) is 17.5 Å². The summed E-state index contributed by atoms with van der Waals surface area (Å²) in [6, 6.07) is 8.12. The molecule has 0 fully saturated rings. The van der Waals surface area contributed by atoms with Crippen LogP contribution in [0.15, 0.2) is 53.5 Å². The van der Waals surface area contributed by atoms with Crippen molar-refractivity contribution < 1.29 is 0 Å². The molecule has 1 N–H and O–H groups in total. The lowest BCUT2D eigenvalue weighted by Crippen LogP contribution is -2.03. The summed E-state index contributed by atoms with van der Waals surface area (Å²) >= 11 is 3.56. The Bertz CT molecular complexity index is 700. The van der Waals surface area contributed by atoms with E-state index in [0.717, 1.165) is 26.8 Å². The average molecular weight is 315 g/mol. The molecule has 0 amide bonds. The topological polar surface area (TPSA) is 50.7 Å². The predicted octanol–water partition coefficient (Wildman–Crippen LogP) is 3.40. The minimum Gasteiger partial charge on any atom is -0.363 e. The first kappa shape index (κ1) is 12.0. The number of halogens is 1. The summed E-state index contributed by atoms with van der Waals surface area (Å²) in [5, 5.41) is 5.51. The molecular formula is C14H11BrN4. The molecule has 94 valence electrons. The van der Waals surface area contributed by atoms with Crippen molar-refractivity contribution in [3.8, 4) is 0 Å². The fourth-order valence-corrected chi connectivity index (χ4v) is 2.43. The maximum atomic E-state index is 4.43. The van der Waals surface area contributed by atoms with E-state index in [9.17, 15) is 0 Å². The van der Waals surface area contributed by atoms with Gasteiger partial charge in [0, 0.05) is 28.4 Å². The quantitative estimate of drug-likeness (QED) is 0.805. The van der Waals surface area contributed by atoms with Crippen LogP contribution in [0.25, 0.3) is 10.8 Å². The highest BCUT2D eigenvalue weighted by molar-refractivity contribution is 9.10. The summed E-state index contributed by atoms with van der Waals surface area (Å²) in [4.78, 5) is 12.6. The van der Waals surface area contributed by atoms with Crippen molar-refractivity contribution in [2.45, 2.75) is 6.54 Å². The highest BCUT2D eigenvalue weighted by Gasteiger charge is 2.04. The normalized spacial score (nSPS) is 10.6. The smallest absolute Gasteiger partial charge is 0.144 e. The molecule has 0 saturated carbocycles. The van der Waals surface area contributed by atoms with Crippen LogP contribution in [-0.2, 0) is 6.54 Å². The summed E-state index contributed by atoms with van der Waals surface area (Å²) in [7, 11) is 0. The third kappa shape index (κ3) is 2.56. The number of hydrogen-bond acceptors (Lipinski definition) is 4. The van der Waals surface area contributed by atoms with E-state index in [2.05, 4.69) is 42.3 Å². The van der Waals surface area contributed by atoms with Gasteiger partial charge in [-0.15, -0.1) is 0 Å². The molecule has 0 aliphatic heterocycles. The Kier molecular flexibility index (Phi) is 3.37. The standard InChI is InChI=1S/C14H11BrN4/c15-12-3-1-2-11-10(12)4-5-17-13(11)8-19-14-9-16-6-7-18-14/h1-7,9H,8H2,(H,18,19). The zero-order chi connectivity index (χ0) is 13.1.